The van der Waals surface area contributed by atoms with Crippen LogP contribution in [0.1, 0.15) is 25.8 Å². The van der Waals surface area contributed by atoms with E-state index in [0.29, 0.717) is 18.8 Å². The van der Waals surface area contributed by atoms with Crippen LogP contribution in [-0.2, 0) is 10.0 Å². The molecule has 0 unspecified atom stereocenters. The van der Waals surface area contributed by atoms with E-state index in [1.807, 2.05) is 13.8 Å². The number of hydrogen-bond acceptors (Lipinski definition) is 4. The highest BCUT2D eigenvalue weighted by atomic mass is 32.2. The molecule has 0 aliphatic heterocycles. The fourth-order valence-corrected chi connectivity index (χ4v) is 3.08. The second-order valence-electron chi connectivity index (χ2n) is 4.29. The highest BCUT2D eigenvalue weighted by molar-refractivity contribution is 7.89. The molecule has 1 rings (SSSR count). The SMILES string of the molecule is CCOc1cc(C)ccc1S(=O)(=O)N[C@@H](CC)CO. The van der Waals surface area contributed by atoms with Crippen molar-refractivity contribution in [1.82, 2.24) is 4.72 Å². The summed E-state index contributed by atoms with van der Waals surface area (Å²) in [7, 11) is -3.69. The van der Waals surface area contributed by atoms with Crippen LogP contribution in [0.2, 0.25) is 0 Å². The second-order valence-corrected chi connectivity index (χ2v) is 5.97. The van der Waals surface area contributed by atoms with E-state index < -0.39 is 16.1 Å². The zero-order valence-electron chi connectivity index (χ0n) is 11.5. The van der Waals surface area contributed by atoms with E-state index in [9.17, 15) is 8.42 Å². The lowest BCUT2D eigenvalue weighted by atomic mass is 10.2. The summed E-state index contributed by atoms with van der Waals surface area (Å²) in [6.45, 7) is 5.64. The van der Waals surface area contributed by atoms with E-state index >= 15 is 0 Å². The lowest BCUT2D eigenvalue weighted by Gasteiger charge is -2.16. The van der Waals surface area contributed by atoms with Crippen molar-refractivity contribution in [2.75, 3.05) is 13.2 Å². The normalized spacial score (nSPS) is 13.3. The van der Waals surface area contributed by atoms with Crippen LogP contribution in [0.4, 0.5) is 0 Å². The van der Waals surface area contributed by atoms with Crippen LogP contribution in [0.15, 0.2) is 23.1 Å². The molecule has 0 aliphatic rings. The number of nitrogens with one attached hydrogen (secondary N) is 1. The zero-order chi connectivity index (χ0) is 14.5. The molecule has 0 aliphatic carbocycles. The number of benzene rings is 1. The molecule has 0 amide bonds. The van der Waals surface area contributed by atoms with Crippen LogP contribution in [0.3, 0.4) is 0 Å². The molecule has 0 heterocycles. The minimum atomic E-state index is -3.69. The summed E-state index contributed by atoms with van der Waals surface area (Å²) in [6, 6.07) is 4.45. The Morgan fingerprint density at radius 2 is 2.05 bits per heavy atom. The Kier molecular flexibility index (Phi) is 5.78. The monoisotopic (exact) mass is 287 g/mol. The Morgan fingerprint density at radius 1 is 1.37 bits per heavy atom. The van der Waals surface area contributed by atoms with E-state index in [2.05, 4.69) is 4.72 Å². The minimum Gasteiger partial charge on any atom is -0.492 e. The van der Waals surface area contributed by atoms with Gasteiger partial charge in [0, 0.05) is 6.04 Å². The van der Waals surface area contributed by atoms with Crippen LogP contribution in [-0.4, -0.2) is 32.8 Å². The molecule has 0 spiro atoms. The Balaban J connectivity index is 3.13. The van der Waals surface area contributed by atoms with E-state index in [4.69, 9.17) is 9.84 Å². The van der Waals surface area contributed by atoms with Gasteiger partial charge in [0.05, 0.1) is 13.2 Å². The van der Waals surface area contributed by atoms with Crippen LogP contribution in [0, 0.1) is 6.92 Å². The summed E-state index contributed by atoms with van der Waals surface area (Å²) in [5.41, 5.74) is 0.927. The average Bonchev–Trinajstić information content (AvgIpc) is 2.36. The van der Waals surface area contributed by atoms with Gasteiger partial charge in [0.15, 0.2) is 0 Å². The number of aryl methyl sites for hydroxylation is 1. The summed E-state index contributed by atoms with van der Waals surface area (Å²) in [6.07, 6.45) is 0.519. The van der Waals surface area contributed by atoms with Gasteiger partial charge >= 0.3 is 0 Å². The highest BCUT2D eigenvalue weighted by Crippen LogP contribution is 2.25. The van der Waals surface area contributed by atoms with Gasteiger partial charge in [0.25, 0.3) is 0 Å². The van der Waals surface area contributed by atoms with Gasteiger partial charge in [-0.25, -0.2) is 13.1 Å². The van der Waals surface area contributed by atoms with Crippen molar-refractivity contribution in [3.05, 3.63) is 23.8 Å². The molecule has 5 nitrogen and oxygen atoms in total. The average molecular weight is 287 g/mol. The third kappa shape index (κ3) is 4.19. The van der Waals surface area contributed by atoms with Crippen molar-refractivity contribution in [1.29, 1.82) is 0 Å². The molecule has 0 saturated carbocycles. The maximum absolute atomic E-state index is 12.3. The molecular weight excluding hydrogens is 266 g/mol. The van der Waals surface area contributed by atoms with E-state index in [1.165, 1.54) is 6.07 Å². The number of sulfonamides is 1. The van der Waals surface area contributed by atoms with Crippen molar-refractivity contribution in [3.63, 3.8) is 0 Å². The van der Waals surface area contributed by atoms with Gasteiger partial charge in [-0.15, -0.1) is 0 Å². The highest BCUT2D eigenvalue weighted by Gasteiger charge is 2.22. The van der Waals surface area contributed by atoms with Gasteiger partial charge in [0.1, 0.15) is 10.6 Å². The van der Waals surface area contributed by atoms with Crippen molar-refractivity contribution < 1.29 is 18.3 Å². The first-order chi connectivity index (χ1) is 8.94. The molecule has 6 heteroatoms. The number of aliphatic hydroxyl groups is 1. The summed E-state index contributed by atoms with van der Waals surface area (Å²) >= 11 is 0. The molecule has 0 fully saturated rings. The number of ether oxygens (including phenoxy) is 1. The first-order valence-electron chi connectivity index (χ1n) is 6.31. The summed E-state index contributed by atoms with van der Waals surface area (Å²) in [4.78, 5) is 0.104. The van der Waals surface area contributed by atoms with Crippen LogP contribution < -0.4 is 9.46 Å². The maximum atomic E-state index is 12.3. The number of rotatable bonds is 7. The fourth-order valence-electron chi connectivity index (χ4n) is 1.64. The molecule has 0 saturated heterocycles. The molecule has 2 N–H and O–H groups in total. The molecule has 1 aromatic rings. The number of hydrogen-bond donors (Lipinski definition) is 2. The topological polar surface area (TPSA) is 75.6 Å². The summed E-state index contributed by atoms with van der Waals surface area (Å²) < 4.78 is 32.4. The third-order valence-corrected chi connectivity index (χ3v) is 4.28. The predicted molar refractivity (Wildman–Crippen MR) is 73.8 cm³/mol. The molecule has 108 valence electrons. The Morgan fingerprint density at radius 3 is 2.58 bits per heavy atom. The van der Waals surface area contributed by atoms with E-state index in [0.717, 1.165) is 5.56 Å². The van der Waals surface area contributed by atoms with Crippen LogP contribution in [0.25, 0.3) is 0 Å². The minimum absolute atomic E-state index is 0.104. The summed E-state index contributed by atoms with van der Waals surface area (Å²) in [5.74, 6) is 0.336. The Labute approximate surface area is 114 Å². The van der Waals surface area contributed by atoms with Crippen LogP contribution >= 0.6 is 0 Å². The van der Waals surface area contributed by atoms with Crippen molar-refractivity contribution in [2.24, 2.45) is 0 Å². The van der Waals surface area contributed by atoms with Gasteiger partial charge in [-0.2, -0.15) is 0 Å². The zero-order valence-corrected chi connectivity index (χ0v) is 12.3. The van der Waals surface area contributed by atoms with E-state index in [1.54, 1.807) is 19.1 Å². The van der Waals surface area contributed by atoms with Crippen molar-refractivity contribution >= 4 is 10.0 Å². The smallest absolute Gasteiger partial charge is 0.244 e. The Hall–Kier alpha value is -1.11. The van der Waals surface area contributed by atoms with Gasteiger partial charge in [-0.05, 0) is 38.0 Å². The molecule has 0 bridgehead atoms. The maximum Gasteiger partial charge on any atom is 0.244 e. The molecule has 0 aromatic heterocycles. The second kappa shape index (κ2) is 6.88. The predicted octanol–water partition coefficient (Wildman–Crippen LogP) is 1.44. The van der Waals surface area contributed by atoms with Gasteiger partial charge < -0.3 is 9.84 Å². The van der Waals surface area contributed by atoms with Gasteiger partial charge in [-0.3, -0.25) is 0 Å². The quantitative estimate of drug-likeness (QED) is 0.795. The standard InChI is InChI=1S/C13H21NO4S/c1-4-11(9-15)14-19(16,17)13-7-6-10(3)8-12(13)18-5-2/h6-8,11,14-15H,4-5,9H2,1-3H3/t11-/m0/s1. The lowest BCUT2D eigenvalue weighted by molar-refractivity contribution is 0.253. The van der Waals surface area contributed by atoms with Crippen molar-refractivity contribution in [2.45, 2.75) is 38.1 Å². The van der Waals surface area contributed by atoms with Gasteiger partial charge in [0.2, 0.25) is 10.0 Å². The largest absolute Gasteiger partial charge is 0.492 e. The fraction of sp³-hybridized carbons (Fsp3) is 0.538. The Bertz CT molecular complexity index is 509. The van der Waals surface area contributed by atoms with Gasteiger partial charge in [-0.1, -0.05) is 13.0 Å². The molecule has 19 heavy (non-hydrogen) atoms. The van der Waals surface area contributed by atoms with E-state index in [-0.39, 0.29) is 11.5 Å². The molecule has 0 radical (unpaired) electrons. The first-order valence-corrected chi connectivity index (χ1v) is 7.79. The molecular formula is C13H21NO4S. The third-order valence-electron chi connectivity index (χ3n) is 2.72. The summed E-state index contributed by atoms with van der Waals surface area (Å²) in [5, 5.41) is 9.09. The lowest BCUT2D eigenvalue weighted by Crippen LogP contribution is -2.37. The first kappa shape index (κ1) is 15.9. The number of aliphatic hydroxyl groups excluding tert-OH is 1. The van der Waals surface area contributed by atoms with Crippen LogP contribution in [0.5, 0.6) is 5.75 Å². The molecule has 1 aromatic carbocycles. The molecule has 1 atom stereocenters. The van der Waals surface area contributed by atoms with Crippen molar-refractivity contribution in [3.8, 4) is 5.75 Å².